The Hall–Kier alpha value is -7.03. The lowest BCUT2D eigenvalue weighted by atomic mass is 9.84. The molecule has 11 rings (SSSR count). The van der Waals surface area contributed by atoms with Gasteiger partial charge in [0, 0.05) is 5.56 Å². The molecule has 0 saturated carbocycles. The number of benzene rings is 9. The quantitative estimate of drug-likeness (QED) is 0.163. The number of allylic oxidation sites excluding steroid dienone is 4. The molecule has 0 amide bonds. The maximum absolute atomic E-state index is 5.16. The first-order valence-electron chi connectivity index (χ1n) is 19.1. The minimum Gasteiger partial charge on any atom is -0.317 e. The summed E-state index contributed by atoms with van der Waals surface area (Å²) in [4.78, 5) is 5.16. The molecular formula is C53H36N2. The van der Waals surface area contributed by atoms with E-state index in [1.807, 2.05) is 0 Å². The van der Waals surface area contributed by atoms with Crippen LogP contribution in [0.25, 0.3) is 98.9 Å². The monoisotopic (exact) mass is 700 g/mol. The Bertz CT molecular complexity index is 3180. The van der Waals surface area contributed by atoms with Gasteiger partial charge in [-0.3, -0.25) is 0 Å². The molecule has 0 aliphatic heterocycles. The molecule has 1 unspecified atom stereocenters. The van der Waals surface area contributed by atoms with Gasteiger partial charge in [-0.05, 0) is 113 Å². The Labute approximate surface area is 320 Å². The Morgan fingerprint density at radius 3 is 1.64 bits per heavy atom. The fourth-order valence-corrected chi connectivity index (χ4v) is 8.82. The molecule has 0 N–H and O–H groups in total. The van der Waals surface area contributed by atoms with Gasteiger partial charge in [0.2, 0.25) is 0 Å². The van der Waals surface area contributed by atoms with Crippen molar-refractivity contribution in [3.8, 4) is 44.8 Å². The summed E-state index contributed by atoms with van der Waals surface area (Å²) in [5, 5.41) is 10.0. The number of imidazole rings is 1. The fourth-order valence-electron chi connectivity index (χ4n) is 8.82. The fraction of sp³-hybridized carbons (Fsp3) is 0.0377. The lowest BCUT2D eigenvalue weighted by Gasteiger charge is -2.20. The maximum atomic E-state index is 5.16. The number of aromatic nitrogens is 2. The first-order chi connectivity index (χ1) is 27.3. The third-order valence-electron chi connectivity index (χ3n) is 11.5. The van der Waals surface area contributed by atoms with E-state index in [0.29, 0.717) is 0 Å². The summed E-state index contributed by atoms with van der Waals surface area (Å²) >= 11 is 0. The first-order valence-corrected chi connectivity index (χ1v) is 19.1. The van der Waals surface area contributed by atoms with Crippen LogP contribution >= 0.6 is 0 Å². The van der Waals surface area contributed by atoms with E-state index >= 15 is 0 Å². The zero-order valence-corrected chi connectivity index (χ0v) is 30.2. The van der Waals surface area contributed by atoms with E-state index in [9.17, 15) is 0 Å². The molecule has 9 aromatic carbocycles. The third kappa shape index (κ3) is 5.29. The topological polar surface area (TPSA) is 17.8 Å². The first kappa shape index (κ1) is 31.5. The standard InChI is InChI=1S/C53H36N2/c1-2-16-44(17-3-1)55-50-21-11-10-20-49(50)54-53(55)38-26-22-37(23-27-38)41-30-31-47-48(34-41)52(43-29-25-36-13-5-7-15-40(36)33-43)46-19-9-8-18-45(46)51(47)42-28-24-35-12-4-6-14-39(35)32-42/h1-16,18-34,44H,17H2. The number of fused-ring (bicyclic) bond motifs is 5. The predicted octanol–water partition coefficient (Wildman–Crippen LogP) is 14.4. The third-order valence-corrected chi connectivity index (χ3v) is 11.5. The van der Waals surface area contributed by atoms with Gasteiger partial charge in [-0.25, -0.2) is 4.98 Å². The number of hydrogen-bond acceptors (Lipinski definition) is 1. The predicted molar refractivity (Wildman–Crippen MR) is 233 cm³/mol. The Morgan fingerprint density at radius 1 is 0.418 bits per heavy atom. The average molecular weight is 701 g/mol. The van der Waals surface area contributed by atoms with Crippen molar-refractivity contribution in [2.45, 2.75) is 12.5 Å². The summed E-state index contributed by atoms with van der Waals surface area (Å²) in [6.07, 6.45) is 9.76. The van der Waals surface area contributed by atoms with E-state index < -0.39 is 0 Å². The van der Waals surface area contributed by atoms with Crippen molar-refractivity contribution in [3.05, 3.63) is 200 Å². The van der Waals surface area contributed by atoms with E-state index in [4.69, 9.17) is 4.98 Å². The van der Waals surface area contributed by atoms with E-state index in [-0.39, 0.29) is 6.04 Å². The molecule has 0 saturated heterocycles. The lowest BCUT2D eigenvalue weighted by molar-refractivity contribution is 0.631. The molecule has 1 aliphatic rings. The molecule has 0 spiro atoms. The molecule has 55 heavy (non-hydrogen) atoms. The highest BCUT2D eigenvalue weighted by Gasteiger charge is 2.20. The molecule has 0 radical (unpaired) electrons. The van der Waals surface area contributed by atoms with Crippen LogP contribution in [0.3, 0.4) is 0 Å². The van der Waals surface area contributed by atoms with E-state index in [0.717, 1.165) is 28.8 Å². The van der Waals surface area contributed by atoms with Crippen LogP contribution in [0, 0.1) is 0 Å². The maximum Gasteiger partial charge on any atom is 0.141 e. The summed E-state index contributed by atoms with van der Waals surface area (Å²) in [5.41, 5.74) is 10.7. The van der Waals surface area contributed by atoms with Gasteiger partial charge in [-0.15, -0.1) is 0 Å². The summed E-state index contributed by atoms with van der Waals surface area (Å²) in [7, 11) is 0. The van der Waals surface area contributed by atoms with Crippen LogP contribution in [0.4, 0.5) is 0 Å². The normalized spacial score (nSPS) is 14.1. The van der Waals surface area contributed by atoms with Gasteiger partial charge < -0.3 is 4.57 Å². The average Bonchev–Trinajstić information content (AvgIpc) is 3.65. The zero-order chi connectivity index (χ0) is 36.3. The van der Waals surface area contributed by atoms with Gasteiger partial charge in [0.05, 0.1) is 17.1 Å². The summed E-state index contributed by atoms with van der Waals surface area (Å²) in [6, 6.07) is 64.8. The Kier molecular flexibility index (Phi) is 7.34. The van der Waals surface area contributed by atoms with Crippen molar-refractivity contribution >= 4 is 54.1 Å². The zero-order valence-electron chi connectivity index (χ0n) is 30.2. The van der Waals surface area contributed by atoms with Crippen molar-refractivity contribution in [2.75, 3.05) is 0 Å². The number of rotatable bonds is 5. The summed E-state index contributed by atoms with van der Waals surface area (Å²) < 4.78 is 2.40. The highest BCUT2D eigenvalue weighted by molar-refractivity contribution is 6.22. The highest BCUT2D eigenvalue weighted by Crippen LogP contribution is 2.46. The smallest absolute Gasteiger partial charge is 0.141 e. The van der Waals surface area contributed by atoms with Gasteiger partial charge in [0.25, 0.3) is 0 Å². The van der Waals surface area contributed by atoms with Crippen molar-refractivity contribution in [1.29, 1.82) is 0 Å². The largest absolute Gasteiger partial charge is 0.317 e. The molecule has 1 heterocycles. The molecule has 2 heteroatoms. The number of nitrogens with zero attached hydrogens (tertiary/aromatic N) is 2. The van der Waals surface area contributed by atoms with E-state index in [1.54, 1.807) is 0 Å². The van der Waals surface area contributed by atoms with Crippen molar-refractivity contribution < 1.29 is 0 Å². The molecule has 1 aromatic heterocycles. The molecule has 10 aromatic rings. The summed E-state index contributed by atoms with van der Waals surface area (Å²) in [6.45, 7) is 0. The second-order valence-corrected chi connectivity index (χ2v) is 14.7. The molecule has 0 bridgehead atoms. The van der Waals surface area contributed by atoms with Crippen LogP contribution in [0.15, 0.2) is 200 Å². The second kappa shape index (κ2) is 12.8. The van der Waals surface area contributed by atoms with Gasteiger partial charge in [0.15, 0.2) is 0 Å². The van der Waals surface area contributed by atoms with Crippen molar-refractivity contribution in [2.24, 2.45) is 0 Å². The SMILES string of the molecule is C1=CCC(n2c(-c3ccc(-c4ccc5c(-c6ccc7ccccc7c6)c6ccccc6c(-c6ccc7ccccc7c6)c5c4)cc3)nc3ccccc32)C=C1. The molecule has 0 fully saturated rings. The van der Waals surface area contributed by atoms with E-state index in [2.05, 4.69) is 205 Å². The van der Waals surface area contributed by atoms with Gasteiger partial charge in [0.1, 0.15) is 5.82 Å². The van der Waals surface area contributed by atoms with Crippen molar-refractivity contribution in [3.63, 3.8) is 0 Å². The molecule has 258 valence electrons. The van der Waals surface area contributed by atoms with E-state index in [1.165, 1.54) is 76.5 Å². The van der Waals surface area contributed by atoms with Crippen LogP contribution in [0.5, 0.6) is 0 Å². The minimum atomic E-state index is 0.229. The Morgan fingerprint density at radius 2 is 0.964 bits per heavy atom. The lowest BCUT2D eigenvalue weighted by Crippen LogP contribution is -2.08. The Balaban J connectivity index is 1.11. The molecule has 1 atom stereocenters. The van der Waals surface area contributed by atoms with Crippen LogP contribution < -0.4 is 0 Å². The van der Waals surface area contributed by atoms with Crippen LogP contribution in [-0.2, 0) is 0 Å². The molecular weight excluding hydrogens is 665 g/mol. The summed E-state index contributed by atoms with van der Waals surface area (Å²) in [5.74, 6) is 1.00. The van der Waals surface area contributed by atoms with Gasteiger partial charge in [-0.1, -0.05) is 170 Å². The number of para-hydroxylation sites is 2. The van der Waals surface area contributed by atoms with Crippen LogP contribution in [-0.4, -0.2) is 9.55 Å². The second-order valence-electron chi connectivity index (χ2n) is 14.7. The number of hydrogen-bond donors (Lipinski definition) is 0. The van der Waals surface area contributed by atoms with Crippen LogP contribution in [0.2, 0.25) is 0 Å². The van der Waals surface area contributed by atoms with Crippen LogP contribution in [0.1, 0.15) is 12.5 Å². The van der Waals surface area contributed by atoms with Gasteiger partial charge in [-0.2, -0.15) is 0 Å². The molecule has 1 aliphatic carbocycles. The highest BCUT2D eigenvalue weighted by atomic mass is 15.1. The minimum absolute atomic E-state index is 0.229. The van der Waals surface area contributed by atoms with Gasteiger partial charge >= 0.3 is 0 Å². The van der Waals surface area contributed by atoms with Crippen molar-refractivity contribution in [1.82, 2.24) is 9.55 Å². The molecule has 2 nitrogen and oxygen atoms in total.